The van der Waals surface area contributed by atoms with E-state index in [-0.39, 0.29) is 18.0 Å². The molecule has 0 aromatic heterocycles. The molecule has 4 heterocycles. The van der Waals surface area contributed by atoms with Crippen LogP contribution < -0.4 is 15.5 Å². The average molecular weight is 616 g/mol. The summed E-state index contributed by atoms with van der Waals surface area (Å²) in [6.07, 6.45) is 3.93. The molecule has 2 aromatic carbocycles. The second kappa shape index (κ2) is 13.9. The maximum Gasteiger partial charge on any atom is 0.333 e. The first-order valence-corrected chi connectivity index (χ1v) is 16.8. The summed E-state index contributed by atoms with van der Waals surface area (Å²) in [5, 5.41) is 6.43. The Morgan fingerprint density at radius 2 is 1.60 bits per heavy atom. The summed E-state index contributed by atoms with van der Waals surface area (Å²) >= 11 is 0. The van der Waals surface area contributed by atoms with Crippen molar-refractivity contribution < 1.29 is 14.4 Å². The van der Waals surface area contributed by atoms with Crippen LogP contribution in [0.2, 0.25) is 0 Å². The standard InChI is InChI=1S/C35H49N7O3/c1-25-8-9-27(22-26(25)2)23-31(33(43)40-16-12-29(13-17-40)39-20-18-38(3)19-21-39)37-34(44)42-32-7-5-4-6-28(32)24-41(35(42)45)30-10-14-36-15-11-30/h4-9,22,29-31,36H,10-21,23-24H2,1-3H3,(H,37,44). The number of rotatable bonds is 6. The van der Waals surface area contributed by atoms with Gasteiger partial charge in [-0.2, -0.15) is 0 Å². The van der Waals surface area contributed by atoms with Gasteiger partial charge in [0.15, 0.2) is 0 Å². The first kappa shape index (κ1) is 31.5. The molecular formula is C35H49N7O3. The molecule has 2 aromatic rings. The number of hydrogen-bond donors (Lipinski definition) is 2. The van der Waals surface area contributed by atoms with Gasteiger partial charge in [-0.3, -0.25) is 9.69 Å². The van der Waals surface area contributed by atoms with E-state index < -0.39 is 12.1 Å². The van der Waals surface area contributed by atoms with Crippen molar-refractivity contribution in [1.29, 1.82) is 0 Å². The third-order valence-electron chi connectivity index (χ3n) is 10.4. The Balaban J connectivity index is 1.21. The van der Waals surface area contributed by atoms with Gasteiger partial charge >= 0.3 is 12.1 Å². The van der Waals surface area contributed by atoms with Crippen molar-refractivity contribution in [3.63, 3.8) is 0 Å². The minimum atomic E-state index is -0.783. The third-order valence-corrected chi connectivity index (χ3v) is 10.4. The number of carbonyl (C=O) groups excluding carboxylic acids is 3. The number of likely N-dealkylation sites (N-methyl/N-ethyl adjacent to an activating group) is 1. The SMILES string of the molecule is Cc1ccc(CC(NC(=O)N2C(=O)N(C3CCNCC3)Cc3ccccc32)C(=O)N2CCC(N3CCN(C)CC3)CC2)cc1C. The molecular weight excluding hydrogens is 566 g/mol. The average Bonchev–Trinajstić information content (AvgIpc) is 3.06. The van der Waals surface area contributed by atoms with Crippen LogP contribution in [-0.2, 0) is 17.8 Å². The van der Waals surface area contributed by atoms with Gasteiger partial charge in [-0.05, 0) is 88.0 Å². The number of para-hydroxylation sites is 1. The zero-order valence-electron chi connectivity index (χ0n) is 27.1. The summed E-state index contributed by atoms with van der Waals surface area (Å²) in [4.78, 5) is 52.3. The summed E-state index contributed by atoms with van der Waals surface area (Å²) in [5.74, 6) is -0.0774. The van der Waals surface area contributed by atoms with Gasteiger partial charge in [0.05, 0.1) is 5.69 Å². The topological polar surface area (TPSA) is 91.5 Å². The highest BCUT2D eigenvalue weighted by molar-refractivity contribution is 6.15. The third kappa shape index (κ3) is 7.03. The molecule has 3 fully saturated rings. The Kier molecular flexibility index (Phi) is 9.72. The van der Waals surface area contributed by atoms with Gasteiger partial charge in [-0.15, -0.1) is 0 Å². The highest BCUT2D eigenvalue weighted by Crippen LogP contribution is 2.32. The van der Waals surface area contributed by atoms with Gasteiger partial charge in [-0.1, -0.05) is 36.4 Å². The molecule has 0 saturated carbocycles. The van der Waals surface area contributed by atoms with E-state index in [0.717, 1.165) is 81.6 Å². The van der Waals surface area contributed by atoms with Gasteiger partial charge in [-0.25, -0.2) is 14.5 Å². The quantitative estimate of drug-likeness (QED) is 0.518. The molecule has 0 radical (unpaired) electrons. The highest BCUT2D eigenvalue weighted by Gasteiger charge is 2.40. The van der Waals surface area contributed by atoms with E-state index in [1.165, 1.54) is 10.5 Å². The van der Waals surface area contributed by atoms with Crippen LogP contribution in [-0.4, -0.2) is 115 Å². The van der Waals surface area contributed by atoms with Crippen molar-refractivity contribution in [2.45, 2.75) is 70.6 Å². The number of imide groups is 1. The van der Waals surface area contributed by atoms with Gasteiger partial charge in [0.2, 0.25) is 5.91 Å². The van der Waals surface area contributed by atoms with Crippen LogP contribution in [0.4, 0.5) is 15.3 Å². The molecule has 2 N–H and O–H groups in total. The van der Waals surface area contributed by atoms with E-state index in [4.69, 9.17) is 0 Å². The predicted molar refractivity (Wildman–Crippen MR) is 176 cm³/mol. The van der Waals surface area contributed by atoms with Crippen LogP contribution >= 0.6 is 0 Å². The van der Waals surface area contributed by atoms with Gasteiger partial charge in [0.1, 0.15) is 6.04 Å². The minimum absolute atomic E-state index is 0.0666. The molecule has 4 aliphatic rings. The van der Waals surface area contributed by atoms with E-state index >= 15 is 0 Å². The number of hydrogen-bond acceptors (Lipinski definition) is 6. The highest BCUT2D eigenvalue weighted by atomic mass is 16.2. The number of nitrogens with one attached hydrogen (secondary N) is 2. The molecule has 6 rings (SSSR count). The fourth-order valence-electron chi connectivity index (χ4n) is 7.38. The smallest absolute Gasteiger partial charge is 0.333 e. The van der Waals surface area contributed by atoms with Crippen molar-refractivity contribution in [2.24, 2.45) is 0 Å². The molecule has 1 unspecified atom stereocenters. The van der Waals surface area contributed by atoms with Crippen LogP contribution in [0.1, 0.15) is 47.9 Å². The summed E-state index contributed by atoms with van der Waals surface area (Å²) in [5.41, 5.74) is 4.86. The first-order chi connectivity index (χ1) is 21.8. The molecule has 0 spiro atoms. The number of piperidine rings is 2. The number of nitrogens with zero attached hydrogens (tertiary/aromatic N) is 5. The molecule has 0 aliphatic carbocycles. The first-order valence-electron chi connectivity index (χ1n) is 16.8. The number of likely N-dealkylation sites (tertiary alicyclic amines) is 1. The molecule has 10 heteroatoms. The van der Waals surface area contributed by atoms with E-state index in [1.807, 2.05) is 40.1 Å². The molecule has 4 aliphatic heterocycles. The van der Waals surface area contributed by atoms with E-state index in [1.54, 1.807) is 0 Å². The number of aryl methyl sites for hydroxylation is 2. The Hall–Kier alpha value is -3.47. The van der Waals surface area contributed by atoms with Crippen molar-refractivity contribution in [3.8, 4) is 0 Å². The summed E-state index contributed by atoms with van der Waals surface area (Å²) in [6, 6.07) is 12.7. The Bertz CT molecular complexity index is 1380. The number of urea groups is 2. The monoisotopic (exact) mass is 615 g/mol. The van der Waals surface area contributed by atoms with Crippen molar-refractivity contribution in [3.05, 3.63) is 64.7 Å². The van der Waals surface area contributed by atoms with Gasteiger partial charge < -0.3 is 25.3 Å². The number of piperazine rings is 1. The van der Waals surface area contributed by atoms with E-state index in [0.29, 0.717) is 37.8 Å². The maximum atomic E-state index is 14.2. The lowest BCUT2D eigenvalue weighted by atomic mass is 9.98. The predicted octanol–water partition coefficient (Wildman–Crippen LogP) is 3.36. The maximum absolute atomic E-state index is 14.2. The molecule has 242 valence electrons. The number of anilines is 1. The van der Waals surface area contributed by atoms with E-state index in [2.05, 4.69) is 53.5 Å². The Morgan fingerprint density at radius 3 is 2.31 bits per heavy atom. The molecule has 0 bridgehead atoms. The fraction of sp³-hybridized carbons (Fsp3) is 0.571. The Morgan fingerprint density at radius 1 is 0.889 bits per heavy atom. The largest absolute Gasteiger partial charge is 0.341 e. The number of benzene rings is 2. The normalized spacial score (nSPS) is 21.5. The van der Waals surface area contributed by atoms with Crippen molar-refractivity contribution in [1.82, 2.24) is 30.2 Å². The minimum Gasteiger partial charge on any atom is -0.341 e. The Labute approximate surface area is 267 Å². The number of fused-ring (bicyclic) bond motifs is 1. The lowest BCUT2D eigenvalue weighted by Gasteiger charge is -2.43. The number of amides is 5. The zero-order chi connectivity index (χ0) is 31.5. The van der Waals surface area contributed by atoms with Gasteiger partial charge in [0, 0.05) is 64.3 Å². The second-order valence-corrected chi connectivity index (χ2v) is 13.4. The molecule has 10 nitrogen and oxygen atoms in total. The summed E-state index contributed by atoms with van der Waals surface area (Å²) in [7, 11) is 2.17. The van der Waals surface area contributed by atoms with Crippen molar-refractivity contribution in [2.75, 3.05) is 64.3 Å². The van der Waals surface area contributed by atoms with Crippen LogP contribution in [0.5, 0.6) is 0 Å². The van der Waals surface area contributed by atoms with E-state index in [9.17, 15) is 14.4 Å². The lowest BCUT2D eigenvalue weighted by Crippen LogP contribution is -2.60. The number of carbonyl (C=O) groups is 3. The lowest BCUT2D eigenvalue weighted by molar-refractivity contribution is -0.134. The summed E-state index contributed by atoms with van der Waals surface area (Å²) < 4.78 is 0. The second-order valence-electron chi connectivity index (χ2n) is 13.4. The van der Waals surface area contributed by atoms with Crippen LogP contribution in [0.3, 0.4) is 0 Å². The van der Waals surface area contributed by atoms with Gasteiger partial charge in [0.25, 0.3) is 0 Å². The molecule has 1 atom stereocenters. The van der Waals surface area contributed by atoms with Crippen LogP contribution in [0.15, 0.2) is 42.5 Å². The molecule has 5 amide bonds. The fourth-order valence-corrected chi connectivity index (χ4v) is 7.38. The molecule has 45 heavy (non-hydrogen) atoms. The summed E-state index contributed by atoms with van der Waals surface area (Å²) in [6.45, 7) is 12.0. The van der Waals surface area contributed by atoms with Crippen molar-refractivity contribution >= 4 is 23.7 Å². The zero-order valence-corrected chi connectivity index (χ0v) is 27.1. The molecule has 3 saturated heterocycles. The van der Waals surface area contributed by atoms with Crippen LogP contribution in [0.25, 0.3) is 0 Å². The van der Waals surface area contributed by atoms with Crippen LogP contribution in [0, 0.1) is 13.8 Å².